The van der Waals surface area contributed by atoms with Crippen LogP contribution in [0.5, 0.6) is 11.5 Å². The minimum absolute atomic E-state index is 0.133. The molecule has 21 heavy (non-hydrogen) atoms. The van der Waals surface area contributed by atoms with Crippen molar-refractivity contribution in [2.24, 2.45) is 0 Å². The van der Waals surface area contributed by atoms with E-state index >= 15 is 0 Å². The van der Waals surface area contributed by atoms with Crippen molar-refractivity contribution in [3.63, 3.8) is 0 Å². The molecule has 110 valence electrons. The largest absolute Gasteiger partial charge is 0.486 e. The van der Waals surface area contributed by atoms with Gasteiger partial charge in [-0.1, -0.05) is 19.1 Å². The molecule has 2 aromatic carbocycles. The number of hydrogen-bond acceptors (Lipinski definition) is 3. The van der Waals surface area contributed by atoms with Crippen LogP contribution < -0.4 is 14.8 Å². The minimum Gasteiger partial charge on any atom is -0.486 e. The van der Waals surface area contributed by atoms with Crippen molar-refractivity contribution < 1.29 is 13.9 Å². The lowest BCUT2D eigenvalue weighted by Crippen LogP contribution is -2.16. The Bertz CT molecular complexity index is 613. The quantitative estimate of drug-likeness (QED) is 0.916. The fraction of sp³-hybridized carbons (Fsp3) is 0.294. The molecule has 0 saturated heterocycles. The number of anilines is 1. The van der Waals surface area contributed by atoms with Gasteiger partial charge in [0.15, 0.2) is 11.5 Å². The molecule has 3 rings (SSSR count). The molecular weight excluding hydrogens is 269 g/mol. The second kappa shape index (κ2) is 6.04. The fourth-order valence-electron chi connectivity index (χ4n) is 2.45. The topological polar surface area (TPSA) is 30.5 Å². The Kier molecular flexibility index (Phi) is 3.95. The van der Waals surface area contributed by atoms with Crippen LogP contribution in [0.2, 0.25) is 0 Å². The maximum absolute atomic E-state index is 13.0. The Hall–Kier alpha value is -2.23. The standard InChI is InChI=1S/C17H18FNO2/c1-2-15(12-3-5-13(18)6-4-12)19-14-7-8-16-17(11-14)21-10-9-20-16/h3-8,11,15,19H,2,9-10H2,1H3. The van der Waals surface area contributed by atoms with E-state index in [0.717, 1.165) is 29.2 Å². The van der Waals surface area contributed by atoms with Crippen molar-refractivity contribution in [3.8, 4) is 11.5 Å². The minimum atomic E-state index is -0.215. The second-order valence-corrected chi connectivity index (χ2v) is 5.02. The van der Waals surface area contributed by atoms with Gasteiger partial charge in [0.1, 0.15) is 19.0 Å². The number of rotatable bonds is 4. The molecule has 0 spiro atoms. The van der Waals surface area contributed by atoms with E-state index < -0.39 is 0 Å². The number of halogens is 1. The molecule has 0 saturated carbocycles. The first-order valence-electron chi connectivity index (χ1n) is 7.18. The third-order valence-corrected chi connectivity index (χ3v) is 3.56. The summed E-state index contributed by atoms with van der Waals surface area (Å²) < 4.78 is 24.1. The first-order valence-corrected chi connectivity index (χ1v) is 7.18. The summed E-state index contributed by atoms with van der Waals surface area (Å²) in [5.41, 5.74) is 2.03. The van der Waals surface area contributed by atoms with Crippen molar-refractivity contribution >= 4 is 5.69 Å². The fourth-order valence-corrected chi connectivity index (χ4v) is 2.45. The van der Waals surface area contributed by atoms with E-state index in [-0.39, 0.29) is 11.9 Å². The predicted octanol–water partition coefficient (Wildman–Crippen LogP) is 4.16. The number of ether oxygens (including phenoxy) is 2. The summed E-state index contributed by atoms with van der Waals surface area (Å²) in [6.07, 6.45) is 0.903. The second-order valence-electron chi connectivity index (χ2n) is 5.02. The average Bonchev–Trinajstić information content (AvgIpc) is 2.53. The molecule has 1 heterocycles. The monoisotopic (exact) mass is 287 g/mol. The Morgan fingerprint density at radius 2 is 1.76 bits per heavy atom. The molecule has 2 aromatic rings. The van der Waals surface area contributed by atoms with Gasteiger partial charge in [0.25, 0.3) is 0 Å². The molecule has 1 atom stereocenters. The third kappa shape index (κ3) is 3.10. The highest BCUT2D eigenvalue weighted by molar-refractivity contribution is 5.56. The molecule has 3 nitrogen and oxygen atoms in total. The SMILES string of the molecule is CCC(Nc1ccc2c(c1)OCCO2)c1ccc(F)cc1. The summed E-state index contributed by atoms with van der Waals surface area (Å²) in [4.78, 5) is 0. The molecule has 0 fully saturated rings. The highest BCUT2D eigenvalue weighted by atomic mass is 19.1. The zero-order chi connectivity index (χ0) is 14.7. The number of benzene rings is 2. The summed E-state index contributed by atoms with van der Waals surface area (Å²) in [7, 11) is 0. The van der Waals surface area contributed by atoms with Crippen LogP contribution >= 0.6 is 0 Å². The van der Waals surface area contributed by atoms with Crippen molar-refractivity contribution in [1.29, 1.82) is 0 Å². The Morgan fingerprint density at radius 1 is 1.05 bits per heavy atom. The van der Waals surface area contributed by atoms with Crippen LogP contribution in [0.4, 0.5) is 10.1 Å². The van der Waals surface area contributed by atoms with Gasteiger partial charge in [-0.3, -0.25) is 0 Å². The van der Waals surface area contributed by atoms with Crippen molar-refractivity contribution in [2.45, 2.75) is 19.4 Å². The zero-order valence-electron chi connectivity index (χ0n) is 11.9. The number of nitrogens with one attached hydrogen (secondary N) is 1. The molecule has 0 radical (unpaired) electrons. The molecule has 0 aromatic heterocycles. The summed E-state index contributed by atoms with van der Waals surface area (Å²) in [6, 6.07) is 12.6. The Morgan fingerprint density at radius 3 is 2.48 bits per heavy atom. The van der Waals surface area contributed by atoms with Crippen molar-refractivity contribution in [3.05, 3.63) is 53.8 Å². The highest BCUT2D eigenvalue weighted by Gasteiger charge is 2.14. The molecule has 0 bridgehead atoms. The molecule has 0 aliphatic carbocycles. The average molecular weight is 287 g/mol. The first-order chi connectivity index (χ1) is 10.3. The van der Waals surface area contributed by atoms with E-state index in [1.54, 1.807) is 0 Å². The molecule has 1 unspecified atom stereocenters. The summed E-state index contributed by atoms with van der Waals surface area (Å²) in [5.74, 6) is 1.33. The van der Waals surface area contributed by atoms with Crippen LogP contribution in [0, 0.1) is 5.82 Å². The molecule has 1 N–H and O–H groups in total. The molecule has 1 aliphatic heterocycles. The maximum atomic E-state index is 13.0. The van der Waals surface area contributed by atoms with Gasteiger partial charge in [-0.2, -0.15) is 0 Å². The van der Waals surface area contributed by atoms with Gasteiger partial charge in [0.2, 0.25) is 0 Å². The first kappa shape index (κ1) is 13.7. The van der Waals surface area contributed by atoms with E-state index in [4.69, 9.17) is 9.47 Å². The zero-order valence-corrected chi connectivity index (χ0v) is 11.9. The van der Waals surface area contributed by atoms with E-state index in [1.165, 1.54) is 12.1 Å². The molecule has 1 aliphatic rings. The van der Waals surface area contributed by atoms with Gasteiger partial charge in [-0.15, -0.1) is 0 Å². The number of hydrogen-bond donors (Lipinski definition) is 1. The van der Waals surface area contributed by atoms with Crippen LogP contribution in [0.1, 0.15) is 24.9 Å². The van der Waals surface area contributed by atoms with Gasteiger partial charge < -0.3 is 14.8 Å². The predicted molar refractivity (Wildman–Crippen MR) is 80.5 cm³/mol. The highest BCUT2D eigenvalue weighted by Crippen LogP contribution is 2.34. The Balaban J connectivity index is 1.79. The lowest BCUT2D eigenvalue weighted by molar-refractivity contribution is 0.171. The van der Waals surface area contributed by atoms with Crippen LogP contribution in [-0.4, -0.2) is 13.2 Å². The lowest BCUT2D eigenvalue weighted by atomic mass is 10.0. The van der Waals surface area contributed by atoms with Crippen LogP contribution in [0.15, 0.2) is 42.5 Å². The summed E-state index contributed by atoms with van der Waals surface area (Å²) in [6.45, 7) is 3.26. The smallest absolute Gasteiger partial charge is 0.163 e. The van der Waals surface area contributed by atoms with E-state index in [0.29, 0.717) is 13.2 Å². The van der Waals surface area contributed by atoms with Crippen molar-refractivity contribution in [1.82, 2.24) is 0 Å². The maximum Gasteiger partial charge on any atom is 0.163 e. The van der Waals surface area contributed by atoms with Crippen LogP contribution in [0.3, 0.4) is 0 Å². The van der Waals surface area contributed by atoms with E-state index in [1.807, 2.05) is 30.3 Å². The van der Waals surface area contributed by atoms with Crippen LogP contribution in [0.25, 0.3) is 0 Å². The van der Waals surface area contributed by atoms with Crippen molar-refractivity contribution in [2.75, 3.05) is 18.5 Å². The third-order valence-electron chi connectivity index (χ3n) is 3.56. The number of fused-ring (bicyclic) bond motifs is 1. The van der Waals surface area contributed by atoms with Gasteiger partial charge in [-0.05, 0) is 36.2 Å². The van der Waals surface area contributed by atoms with Gasteiger partial charge in [-0.25, -0.2) is 4.39 Å². The van der Waals surface area contributed by atoms with Gasteiger partial charge >= 0.3 is 0 Å². The van der Waals surface area contributed by atoms with Gasteiger partial charge in [0, 0.05) is 11.8 Å². The van der Waals surface area contributed by atoms with Gasteiger partial charge in [0.05, 0.1) is 6.04 Å². The summed E-state index contributed by atoms with van der Waals surface area (Å²) in [5, 5.41) is 3.46. The molecular formula is C17H18FNO2. The summed E-state index contributed by atoms with van der Waals surface area (Å²) >= 11 is 0. The van der Waals surface area contributed by atoms with E-state index in [2.05, 4.69) is 12.2 Å². The molecule has 4 heteroatoms. The lowest BCUT2D eigenvalue weighted by Gasteiger charge is -2.22. The van der Waals surface area contributed by atoms with E-state index in [9.17, 15) is 4.39 Å². The molecule has 0 amide bonds. The van der Waals surface area contributed by atoms with Crippen LogP contribution in [-0.2, 0) is 0 Å². The Labute approximate surface area is 123 Å². The normalized spacial score (nSPS) is 14.6.